The summed E-state index contributed by atoms with van der Waals surface area (Å²) in [6, 6.07) is 14.4. The monoisotopic (exact) mass is 844 g/mol. The molecule has 1 heterocycles. The lowest BCUT2D eigenvalue weighted by atomic mass is 9.99. The Morgan fingerprint density at radius 3 is 1.39 bits per heavy atom. The van der Waals surface area contributed by atoms with Gasteiger partial charge in [-0.1, -0.05) is 96.7 Å². The normalized spacial score (nSPS) is 12.6. The van der Waals surface area contributed by atoms with Gasteiger partial charge in [-0.25, -0.2) is 9.59 Å². The van der Waals surface area contributed by atoms with E-state index in [1.165, 1.54) is 12.2 Å². The van der Waals surface area contributed by atoms with Crippen molar-refractivity contribution in [3.63, 3.8) is 0 Å². The van der Waals surface area contributed by atoms with Crippen molar-refractivity contribution >= 4 is 81.3 Å². The van der Waals surface area contributed by atoms with E-state index in [0.29, 0.717) is 53.2 Å². The van der Waals surface area contributed by atoms with E-state index >= 15 is 0 Å². The van der Waals surface area contributed by atoms with Crippen LogP contribution in [0.2, 0.25) is 39.3 Å². The van der Waals surface area contributed by atoms with E-state index in [1.54, 1.807) is 62.4 Å². The van der Waals surface area contributed by atoms with Crippen molar-refractivity contribution in [2.45, 2.75) is 92.7 Å². The number of hydrogen-bond acceptors (Lipinski definition) is 12. The molecule has 59 heavy (non-hydrogen) atoms. The lowest BCUT2D eigenvalue weighted by molar-refractivity contribution is -0.141. The Balaban J connectivity index is 1.90. The number of esters is 2. The Morgan fingerprint density at radius 1 is 0.627 bits per heavy atom. The smallest absolute Gasteiger partial charge is 0.343 e. The molecule has 3 rings (SSSR count). The molecule has 2 aromatic carbocycles. The molecule has 3 aromatic rings. The maximum Gasteiger partial charge on any atom is 0.343 e. The zero-order valence-corrected chi connectivity index (χ0v) is 38.5. The molecule has 0 aliphatic heterocycles. The largest absolute Gasteiger partial charge is 0.462 e. The molecule has 2 amide bonds. The summed E-state index contributed by atoms with van der Waals surface area (Å²) in [6.07, 6.45) is 8.49. The van der Waals surface area contributed by atoms with Crippen LogP contribution in [0.1, 0.15) is 64.5 Å². The third-order valence-corrected chi connectivity index (χ3v) is 11.2. The molecule has 14 nitrogen and oxygen atoms in total. The molecule has 0 spiro atoms. The molecule has 0 fully saturated rings. The van der Waals surface area contributed by atoms with E-state index in [0.717, 1.165) is 25.7 Å². The second kappa shape index (κ2) is 23.3. The summed E-state index contributed by atoms with van der Waals surface area (Å²) < 4.78 is 10.4. The van der Waals surface area contributed by atoms with Crippen LogP contribution in [0.3, 0.4) is 0 Å². The van der Waals surface area contributed by atoms with E-state index in [-0.39, 0.29) is 36.3 Å². The Labute approximate surface area is 351 Å². The highest BCUT2D eigenvalue weighted by molar-refractivity contribution is 6.76. The average molecular weight is 845 g/mol. The van der Waals surface area contributed by atoms with Crippen molar-refractivity contribution in [2.75, 3.05) is 48.0 Å². The lowest BCUT2D eigenvalue weighted by Gasteiger charge is -2.17. The number of anilines is 5. The summed E-state index contributed by atoms with van der Waals surface area (Å²) in [6.45, 7) is 21.6. The van der Waals surface area contributed by atoms with Gasteiger partial charge < -0.3 is 36.1 Å². The van der Waals surface area contributed by atoms with Crippen LogP contribution in [0.25, 0.3) is 12.2 Å². The van der Waals surface area contributed by atoms with Crippen molar-refractivity contribution in [3.8, 4) is 0 Å². The number of amides is 2. The van der Waals surface area contributed by atoms with E-state index < -0.39 is 39.9 Å². The lowest BCUT2D eigenvalue weighted by Crippen LogP contribution is -2.41. The van der Waals surface area contributed by atoms with Crippen molar-refractivity contribution in [1.29, 1.82) is 0 Å². The second-order valence-electron chi connectivity index (χ2n) is 16.6. The maximum atomic E-state index is 13.0. The van der Waals surface area contributed by atoms with Crippen LogP contribution >= 0.6 is 0 Å². The molecule has 320 valence electrons. The van der Waals surface area contributed by atoms with Gasteiger partial charge in [0.05, 0.1) is 29.4 Å². The number of hydrogen-bond donors (Lipinski definition) is 5. The third kappa shape index (κ3) is 17.6. The molecule has 0 bridgehead atoms. The van der Waals surface area contributed by atoms with Gasteiger partial charge in [-0.2, -0.15) is 15.0 Å². The highest BCUT2D eigenvalue weighted by Crippen LogP contribution is 2.22. The highest BCUT2D eigenvalue weighted by Gasteiger charge is 2.24. The number of benzene rings is 2. The predicted octanol–water partition coefficient (Wildman–Crippen LogP) is 7.87. The van der Waals surface area contributed by atoms with Gasteiger partial charge in [0.15, 0.2) is 0 Å². The number of unbranched alkanes of at least 4 members (excludes halogenated alkanes) is 1. The van der Waals surface area contributed by atoms with E-state index in [9.17, 15) is 19.2 Å². The fourth-order valence-corrected chi connectivity index (χ4v) is 6.78. The minimum Gasteiger partial charge on any atom is -0.462 e. The molecular formula is C43H64N8O6Si2. The van der Waals surface area contributed by atoms with Gasteiger partial charge in [0.1, 0.15) is 11.1 Å². The minimum atomic E-state index is -1.60. The molecule has 0 saturated heterocycles. The average Bonchev–Trinajstić information content (AvgIpc) is 3.18. The zero-order chi connectivity index (χ0) is 43.6. The first-order valence-electron chi connectivity index (χ1n) is 20.5. The third-order valence-electron chi connectivity index (χ3n) is 8.72. The summed E-state index contributed by atoms with van der Waals surface area (Å²) in [5.41, 5.74) is 2.49. The summed E-state index contributed by atoms with van der Waals surface area (Å²) >= 11 is 0. The molecule has 0 aliphatic rings. The van der Waals surface area contributed by atoms with Crippen molar-refractivity contribution in [2.24, 2.45) is 5.92 Å². The highest BCUT2D eigenvalue weighted by atomic mass is 28.3. The number of carbonyl (C=O) groups excluding carboxylic acids is 4. The van der Waals surface area contributed by atoms with Gasteiger partial charge in [0.2, 0.25) is 17.8 Å². The standard InChI is InChI=1S/C43H64N8O6Si2/c1-11-15-16-30(12-2)27-44-41-49-42(47-33-21-17-31(18-22-33)25-35(39(54)56-13-3)37(52)45-28-58(5,6)7)51-43(50-41)48-34-23-19-32(20-24-34)26-36(40(55)57-14-4)38(53)46-29-59(8,9)10/h17-26,30H,11-16,27-29H2,1-10H3,(H,45,52)(H,46,53)(H3,44,47,48,49,50,51)/b35-25-,36-26+. The van der Waals surface area contributed by atoms with Crippen LogP contribution in [-0.4, -0.2) is 86.9 Å². The number of rotatable bonds is 23. The Kier molecular flexibility index (Phi) is 19.0. The summed E-state index contributed by atoms with van der Waals surface area (Å²) in [4.78, 5) is 65.5. The summed E-state index contributed by atoms with van der Waals surface area (Å²) in [5, 5.41) is 15.7. The van der Waals surface area contributed by atoms with Crippen molar-refractivity contribution < 1.29 is 28.7 Å². The molecular weight excluding hydrogens is 781 g/mol. The summed E-state index contributed by atoms with van der Waals surface area (Å²) in [7, 11) is -3.20. The first kappa shape index (κ1) is 48.0. The number of nitrogens with one attached hydrogen (secondary N) is 5. The fraction of sp³-hybridized carbons (Fsp3) is 0.465. The SMILES string of the molecule is CCCCC(CC)CNc1nc(Nc2ccc(/C=C(/C(=O)NC[Si](C)(C)C)C(=O)OCC)cc2)nc(Nc2ccc(/C=C(\C(=O)NC[Si](C)(C)C)C(=O)OCC)cc2)n1. The van der Waals surface area contributed by atoms with Crippen LogP contribution in [0.4, 0.5) is 29.2 Å². The molecule has 1 atom stereocenters. The van der Waals surface area contributed by atoms with Crippen LogP contribution in [0, 0.1) is 5.92 Å². The van der Waals surface area contributed by atoms with Gasteiger partial charge >= 0.3 is 11.9 Å². The zero-order valence-electron chi connectivity index (χ0n) is 36.5. The van der Waals surface area contributed by atoms with Crippen molar-refractivity contribution in [1.82, 2.24) is 25.6 Å². The Hall–Kier alpha value is -5.36. The number of nitrogens with zero attached hydrogens (tertiary/aromatic N) is 3. The molecule has 1 aromatic heterocycles. The Morgan fingerprint density at radius 2 is 1.03 bits per heavy atom. The van der Waals surface area contributed by atoms with E-state index in [1.807, 2.05) is 0 Å². The Bertz CT molecular complexity index is 1800. The second-order valence-corrected chi connectivity index (χ2v) is 27.6. The molecule has 1 unspecified atom stereocenters. The first-order chi connectivity index (χ1) is 27.9. The van der Waals surface area contributed by atoms with Crippen LogP contribution < -0.4 is 26.6 Å². The van der Waals surface area contributed by atoms with Crippen LogP contribution in [0.5, 0.6) is 0 Å². The van der Waals surface area contributed by atoms with E-state index in [4.69, 9.17) is 9.47 Å². The molecule has 0 radical (unpaired) electrons. The topological polar surface area (TPSA) is 186 Å². The minimum absolute atomic E-state index is 0.0644. The van der Waals surface area contributed by atoms with Gasteiger partial charge in [-0.15, -0.1) is 0 Å². The quantitative estimate of drug-likeness (QED) is 0.0205. The fourth-order valence-electron chi connectivity index (χ4n) is 5.40. The number of ether oxygens (including phenoxy) is 2. The van der Waals surface area contributed by atoms with Gasteiger partial charge in [0.25, 0.3) is 11.8 Å². The predicted molar refractivity (Wildman–Crippen MR) is 243 cm³/mol. The first-order valence-corrected chi connectivity index (χ1v) is 27.9. The van der Waals surface area contributed by atoms with Gasteiger partial charge in [0, 0.05) is 30.3 Å². The van der Waals surface area contributed by atoms with Gasteiger partial charge in [-0.05, 0) is 73.7 Å². The van der Waals surface area contributed by atoms with Crippen LogP contribution in [0.15, 0.2) is 59.7 Å². The molecule has 16 heteroatoms. The molecule has 0 aliphatic carbocycles. The molecule has 0 saturated carbocycles. The number of carbonyl (C=O) groups is 4. The summed E-state index contributed by atoms with van der Waals surface area (Å²) in [5.74, 6) is -0.869. The van der Waals surface area contributed by atoms with E-state index in [2.05, 4.69) is 94.7 Å². The maximum absolute atomic E-state index is 13.0. The number of aromatic nitrogens is 3. The van der Waals surface area contributed by atoms with Gasteiger partial charge in [-0.3, -0.25) is 9.59 Å². The molecule has 5 N–H and O–H groups in total. The van der Waals surface area contributed by atoms with Crippen molar-refractivity contribution in [3.05, 3.63) is 70.8 Å². The van der Waals surface area contributed by atoms with Crippen LogP contribution in [-0.2, 0) is 28.7 Å².